The quantitative estimate of drug-likeness (QED) is 0.705. The van der Waals surface area contributed by atoms with Crippen LogP contribution in [-0.4, -0.2) is 43.7 Å². The van der Waals surface area contributed by atoms with E-state index in [2.05, 4.69) is 15.2 Å². The van der Waals surface area contributed by atoms with E-state index in [4.69, 9.17) is 26.3 Å². The van der Waals surface area contributed by atoms with Crippen LogP contribution in [0, 0.1) is 17.2 Å². The number of anilines is 2. The normalized spacial score (nSPS) is 14.0. The van der Waals surface area contributed by atoms with Crippen LogP contribution < -0.4 is 15.0 Å². The molecule has 0 atom stereocenters. The molecule has 8 nitrogen and oxygen atoms in total. The number of benzene rings is 1. The molecule has 0 bridgehead atoms. The number of carbonyl (C=O) groups is 2. The summed E-state index contributed by atoms with van der Waals surface area (Å²) in [6, 6.07) is 10.4. The number of nitriles is 1. The Kier molecular flexibility index (Phi) is 7.09. The van der Waals surface area contributed by atoms with Gasteiger partial charge in [0, 0.05) is 25.0 Å². The lowest BCUT2D eigenvalue weighted by Crippen LogP contribution is -2.38. The molecule has 156 valence electrons. The van der Waals surface area contributed by atoms with E-state index in [1.165, 1.54) is 13.3 Å². The van der Waals surface area contributed by atoms with E-state index >= 15 is 0 Å². The first-order valence-corrected chi connectivity index (χ1v) is 9.79. The van der Waals surface area contributed by atoms with E-state index in [0.717, 1.165) is 5.82 Å². The zero-order chi connectivity index (χ0) is 21.5. The standard InChI is InChI=1S/C21H21ClN4O4/c1-29-18-4-3-16(10-17(18)22)25-20(27)13-30-21(28)15-6-8-26(9-7-15)19-5-2-14(11-23)12-24-19/h2-5,10,12,15H,6-9,13H2,1H3,(H,25,27). The average Bonchev–Trinajstić information content (AvgIpc) is 2.78. The molecule has 2 aromatic rings. The zero-order valence-electron chi connectivity index (χ0n) is 16.4. The molecule has 0 radical (unpaired) electrons. The second kappa shape index (κ2) is 9.94. The highest BCUT2D eigenvalue weighted by Gasteiger charge is 2.27. The summed E-state index contributed by atoms with van der Waals surface area (Å²) in [5.74, 6) is 0.194. The van der Waals surface area contributed by atoms with Gasteiger partial charge in [0.15, 0.2) is 6.61 Å². The van der Waals surface area contributed by atoms with Crippen LogP contribution in [0.5, 0.6) is 5.75 Å². The molecule has 0 unspecified atom stereocenters. The third-order valence-electron chi connectivity index (χ3n) is 4.81. The molecule has 2 heterocycles. The van der Waals surface area contributed by atoms with Crippen LogP contribution in [-0.2, 0) is 14.3 Å². The van der Waals surface area contributed by atoms with Gasteiger partial charge in [-0.2, -0.15) is 5.26 Å². The second-order valence-electron chi connectivity index (χ2n) is 6.78. The van der Waals surface area contributed by atoms with Crippen molar-refractivity contribution in [2.24, 2.45) is 5.92 Å². The third kappa shape index (κ3) is 5.39. The van der Waals surface area contributed by atoms with E-state index in [1.54, 1.807) is 30.3 Å². The average molecular weight is 429 g/mol. The van der Waals surface area contributed by atoms with Gasteiger partial charge in [-0.15, -0.1) is 0 Å². The molecular formula is C21H21ClN4O4. The number of amides is 1. The zero-order valence-corrected chi connectivity index (χ0v) is 17.2. The smallest absolute Gasteiger partial charge is 0.309 e. The first-order chi connectivity index (χ1) is 14.5. The summed E-state index contributed by atoms with van der Waals surface area (Å²) in [5, 5.41) is 11.9. The summed E-state index contributed by atoms with van der Waals surface area (Å²) >= 11 is 6.03. The summed E-state index contributed by atoms with van der Waals surface area (Å²) in [4.78, 5) is 30.7. The number of halogens is 1. The Morgan fingerprint density at radius 1 is 1.30 bits per heavy atom. The molecule has 30 heavy (non-hydrogen) atoms. The van der Waals surface area contributed by atoms with Crippen molar-refractivity contribution in [3.05, 3.63) is 47.1 Å². The highest BCUT2D eigenvalue weighted by Crippen LogP contribution is 2.27. The predicted octanol–water partition coefficient (Wildman–Crippen LogP) is 3.01. The Balaban J connectivity index is 1.43. The van der Waals surface area contributed by atoms with Gasteiger partial charge in [-0.1, -0.05) is 11.6 Å². The van der Waals surface area contributed by atoms with E-state index in [-0.39, 0.29) is 18.5 Å². The summed E-state index contributed by atoms with van der Waals surface area (Å²) in [6.07, 6.45) is 2.75. The lowest BCUT2D eigenvalue weighted by atomic mass is 9.97. The van der Waals surface area contributed by atoms with E-state index in [1.807, 2.05) is 6.07 Å². The molecule has 0 saturated carbocycles. The number of carbonyl (C=O) groups excluding carboxylic acids is 2. The molecule has 9 heteroatoms. The van der Waals surface area contributed by atoms with Gasteiger partial charge in [0.25, 0.3) is 5.91 Å². The first-order valence-electron chi connectivity index (χ1n) is 9.41. The van der Waals surface area contributed by atoms with Crippen LogP contribution >= 0.6 is 11.6 Å². The van der Waals surface area contributed by atoms with Crippen LogP contribution in [0.4, 0.5) is 11.5 Å². The van der Waals surface area contributed by atoms with E-state index in [0.29, 0.717) is 48.0 Å². The maximum atomic E-state index is 12.3. The number of hydrogen-bond donors (Lipinski definition) is 1. The van der Waals surface area contributed by atoms with Crippen molar-refractivity contribution in [1.29, 1.82) is 5.26 Å². The van der Waals surface area contributed by atoms with Gasteiger partial charge in [-0.25, -0.2) is 4.98 Å². The van der Waals surface area contributed by atoms with Gasteiger partial charge in [-0.3, -0.25) is 9.59 Å². The maximum absolute atomic E-state index is 12.3. The van der Waals surface area contributed by atoms with Crippen molar-refractivity contribution in [3.8, 4) is 11.8 Å². The van der Waals surface area contributed by atoms with Crippen LogP contribution in [0.2, 0.25) is 5.02 Å². The van der Waals surface area contributed by atoms with Crippen molar-refractivity contribution in [2.75, 3.05) is 37.0 Å². The summed E-state index contributed by atoms with van der Waals surface area (Å²) in [5.41, 5.74) is 0.998. The highest BCUT2D eigenvalue weighted by molar-refractivity contribution is 6.32. The van der Waals surface area contributed by atoms with Crippen molar-refractivity contribution >= 4 is 35.0 Å². The molecule has 1 N–H and O–H groups in total. The van der Waals surface area contributed by atoms with Crippen LogP contribution in [0.15, 0.2) is 36.5 Å². The number of methoxy groups -OCH3 is 1. The van der Waals surface area contributed by atoms with Gasteiger partial charge in [-0.05, 0) is 43.2 Å². The number of aromatic nitrogens is 1. The molecule has 1 aromatic heterocycles. The number of ether oxygens (including phenoxy) is 2. The van der Waals surface area contributed by atoms with E-state index < -0.39 is 5.91 Å². The number of esters is 1. The van der Waals surface area contributed by atoms with Gasteiger partial charge < -0.3 is 19.7 Å². The molecule has 3 rings (SSSR count). The number of piperidine rings is 1. The van der Waals surface area contributed by atoms with Crippen molar-refractivity contribution < 1.29 is 19.1 Å². The Morgan fingerprint density at radius 2 is 2.07 bits per heavy atom. The number of pyridine rings is 1. The molecule has 0 spiro atoms. The summed E-state index contributed by atoms with van der Waals surface area (Å²) < 4.78 is 10.2. The SMILES string of the molecule is COc1ccc(NC(=O)COC(=O)C2CCN(c3ccc(C#N)cn3)CC2)cc1Cl. The Hall–Kier alpha value is -3.31. The lowest BCUT2D eigenvalue weighted by molar-refractivity contribution is -0.152. The third-order valence-corrected chi connectivity index (χ3v) is 5.11. The minimum Gasteiger partial charge on any atom is -0.495 e. The van der Waals surface area contributed by atoms with Crippen LogP contribution in [0.1, 0.15) is 18.4 Å². The largest absolute Gasteiger partial charge is 0.495 e. The fraction of sp³-hybridized carbons (Fsp3) is 0.333. The summed E-state index contributed by atoms with van der Waals surface area (Å²) in [7, 11) is 1.50. The van der Waals surface area contributed by atoms with Gasteiger partial charge in [0.1, 0.15) is 17.6 Å². The minimum atomic E-state index is -0.441. The van der Waals surface area contributed by atoms with Gasteiger partial charge in [0.05, 0.1) is 23.6 Å². The second-order valence-corrected chi connectivity index (χ2v) is 7.19. The van der Waals surface area contributed by atoms with Crippen molar-refractivity contribution in [2.45, 2.75) is 12.8 Å². The van der Waals surface area contributed by atoms with Crippen LogP contribution in [0.3, 0.4) is 0 Å². The molecule has 1 aliphatic heterocycles. The number of hydrogen-bond acceptors (Lipinski definition) is 7. The minimum absolute atomic E-state index is 0.261. The number of nitrogens with one attached hydrogen (secondary N) is 1. The lowest BCUT2D eigenvalue weighted by Gasteiger charge is -2.31. The molecule has 0 aliphatic carbocycles. The van der Waals surface area contributed by atoms with Crippen LogP contribution in [0.25, 0.3) is 0 Å². The van der Waals surface area contributed by atoms with E-state index in [9.17, 15) is 9.59 Å². The Labute approximate surface area is 179 Å². The number of rotatable bonds is 6. The molecule has 1 saturated heterocycles. The molecular weight excluding hydrogens is 408 g/mol. The fourth-order valence-corrected chi connectivity index (χ4v) is 3.44. The molecule has 1 amide bonds. The van der Waals surface area contributed by atoms with Gasteiger partial charge in [0.2, 0.25) is 0 Å². The molecule has 1 aliphatic rings. The Bertz CT molecular complexity index is 950. The van der Waals surface area contributed by atoms with Crippen molar-refractivity contribution in [3.63, 3.8) is 0 Å². The van der Waals surface area contributed by atoms with Gasteiger partial charge >= 0.3 is 5.97 Å². The highest BCUT2D eigenvalue weighted by atomic mass is 35.5. The summed E-state index contributed by atoms with van der Waals surface area (Å²) in [6.45, 7) is 0.935. The fourth-order valence-electron chi connectivity index (χ4n) is 3.18. The topological polar surface area (TPSA) is 105 Å². The number of nitrogens with zero attached hydrogens (tertiary/aromatic N) is 3. The molecule has 1 fully saturated rings. The monoisotopic (exact) mass is 428 g/mol. The molecule has 1 aromatic carbocycles. The van der Waals surface area contributed by atoms with Crippen molar-refractivity contribution in [1.82, 2.24) is 4.98 Å². The maximum Gasteiger partial charge on any atom is 0.309 e. The Morgan fingerprint density at radius 3 is 2.67 bits per heavy atom. The first kappa shape index (κ1) is 21.4. The predicted molar refractivity (Wildman–Crippen MR) is 111 cm³/mol.